The first-order chi connectivity index (χ1) is 12.8. The van der Waals surface area contributed by atoms with Crippen LogP contribution in [0, 0.1) is 36.5 Å². The Balaban J connectivity index is 1.19. The summed E-state index contributed by atoms with van der Waals surface area (Å²) >= 11 is 0. The van der Waals surface area contributed by atoms with Gasteiger partial charge in [0.25, 0.3) is 0 Å². The molecule has 0 N–H and O–H groups in total. The average Bonchev–Trinajstić information content (AvgIpc) is 2.71. The van der Waals surface area contributed by atoms with Crippen LogP contribution >= 0.6 is 0 Å². The average molecular weight is 353 g/mol. The zero-order valence-electron chi connectivity index (χ0n) is 17.1. The Bertz CT molecular complexity index is 520. The van der Waals surface area contributed by atoms with Crippen molar-refractivity contribution in [1.29, 1.82) is 0 Å². The van der Waals surface area contributed by atoms with E-state index in [0.29, 0.717) is 0 Å². The summed E-state index contributed by atoms with van der Waals surface area (Å²) in [5.41, 5.74) is 2.95. The minimum absolute atomic E-state index is 0.951. The number of hydrogen-bond acceptors (Lipinski definition) is 0. The molecule has 0 atom stereocenters. The Morgan fingerprint density at radius 1 is 0.577 bits per heavy atom. The Hall–Kier alpha value is -0.780. The van der Waals surface area contributed by atoms with Crippen LogP contribution in [0.1, 0.15) is 94.6 Å². The van der Waals surface area contributed by atoms with E-state index in [1.807, 2.05) is 0 Å². The molecule has 0 unspecified atom stereocenters. The van der Waals surface area contributed by atoms with Crippen molar-refractivity contribution < 1.29 is 0 Å². The molecule has 0 radical (unpaired) electrons. The summed E-state index contributed by atoms with van der Waals surface area (Å²) in [5, 5.41) is 0. The second-order valence-corrected chi connectivity index (χ2v) is 10.0. The van der Waals surface area contributed by atoms with Crippen molar-refractivity contribution in [3.8, 4) is 0 Å². The molecule has 0 aliphatic heterocycles. The highest BCUT2D eigenvalue weighted by molar-refractivity contribution is 5.21. The maximum absolute atomic E-state index is 2.36. The molecule has 0 spiro atoms. The van der Waals surface area contributed by atoms with Crippen LogP contribution in [0.2, 0.25) is 0 Å². The molecule has 26 heavy (non-hydrogen) atoms. The zero-order valence-corrected chi connectivity index (χ0v) is 17.1. The van der Waals surface area contributed by atoms with Crippen molar-refractivity contribution in [1.82, 2.24) is 0 Å². The summed E-state index contributed by atoms with van der Waals surface area (Å²) in [5.74, 6) is 5.30. The predicted molar refractivity (Wildman–Crippen MR) is 112 cm³/mol. The van der Waals surface area contributed by atoms with E-state index in [9.17, 15) is 0 Å². The van der Waals surface area contributed by atoms with E-state index >= 15 is 0 Å². The number of aryl methyl sites for hydroxylation is 1. The predicted octanol–water partition coefficient (Wildman–Crippen LogP) is 7.73. The molecule has 3 aliphatic rings. The molecule has 0 heterocycles. The number of rotatable bonds is 4. The van der Waals surface area contributed by atoms with E-state index in [4.69, 9.17) is 0 Å². The molecule has 0 heteroatoms. The first-order valence-corrected chi connectivity index (χ1v) is 11.8. The van der Waals surface area contributed by atoms with E-state index < -0.39 is 0 Å². The van der Waals surface area contributed by atoms with Gasteiger partial charge in [-0.3, -0.25) is 0 Å². The van der Waals surface area contributed by atoms with E-state index in [2.05, 4.69) is 31.2 Å². The highest BCUT2D eigenvalue weighted by Crippen LogP contribution is 2.45. The third kappa shape index (κ3) is 4.73. The lowest BCUT2D eigenvalue weighted by atomic mass is 9.65. The standard InChI is InChI=1S/C26H40/c1-20-7-9-21(10-8-20)19-22-11-13-24(14-12-22)26-17-15-25(16-18-26)23-5-3-2-4-6-23/h7-10,22-26H,2-6,11-19H2,1H3. The summed E-state index contributed by atoms with van der Waals surface area (Å²) in [4.78, 5) is 0. The van der Waals surface area contributed by atoms with E-state index in [1.54, 1.807) is 44.1 Å². The van der Waals surface area contributed by atoms with Crippen LogP contribution in [0.3, 0.4) is 0 Å². The van der Waals surface area contributed by atoms with Crippen molar-refractivity contribution in [2.24, 2.45) is 29.6 Å². The minimum Gasteiger partial charge on any atom is -0.0591 e. The van der Waals surface area contributed by atoms with Gasteiger partial charge in [-0.25, -0.2) is 0 Å². The van der Waals surface area contributed by atoms with E-state index in [-0.39, 0.29) is 0 Å². The van der Waals surface area contributed by atoms with Crippen LogP contribution in [0.25, 0.3) is 0 Å². The molecule has 3 fully saturated rings. The molecule has 0 nitrogen and oxygen atoms in total. The van der Waals surface area contributed by atoms with Crippen LogP contribution in [0.15, 0.2) is 24.3 Å². The van der Waals surface area contributed by atoms with Gasteiger partial charge in [0.2, 0.25) is 0 Å². The zero-order chi connectivity index (χ0) is 17.8. The van der Waals surface area contributed by atoms with Crippen molar-refractivity contribution in [3.05, 3.63) is 35.4 Å². The largest absolute Gasteiger partial charge is 0.0591 e. The van der Waals surface area contributed by atoms with Gasteiger partial charge in [-0.15, -0.1) is 0 Å². The lowest BCUT2D eigenvalue weighted by Crippen LogP contribution is -2.29. The second-order valence-electron chi connectivity index (χ2n) is 10.0. The van der Waals surface area contributed by atoms with Gasteiger partial charge in [0.05, 0.1) is 0 Å². The van der Waals surface area contributed by atoms with E-state index in [0.717, 1.165) is 29.6 Å². The summed E-state index contributed by atoms with van der Waals surface area (Å²) in [6.45, 7) is 2.19. The topological polar surface area (TPSA) is 0 Å². The molecule has 0 bridgehead atoms. The number of benzene rings is 1. The Kier molecular flexibility index (Phi) is 6.39. The maximum Gasteiger partial charge on any atom is -0.0250 e. The summed E-state index contributed by atoms with van der Waals surface area (Å²) < 4.78 is 0. The fourth-order valence-electron chi connectivity index (χ4n) is 6.61. The lowest BCUT2D eigenvalue weighted by Gasteiger charge is -2.40. The van der Waals surface area contributed by atoms with Crippen molar-refractivity contribution in [3.63, 3.8) is 0 Å². The van der Waals surface area contributed by atoms with Gasteiger partial charge in [0, 0.05) is 0 Å². The van der Waals surface area contributed by atoms with Crippen molar-refractivity contribution in [2.75, 3.05) is 0 Å². The minimum atomic E-state index is 0.951. The lowest BCUT2D eigenvalue weighted by molar-refractivity contribution is 0.113. The van der Waals surface area contributed by atoms with Gasteiger partial charge in [-0.2, -0.15) is 0 Å². The normalized spacial score (nSPS) is 33.9. The van der Waals surface area contributed by atoms with Gasteiger partial charge in [0.15, 0.2) is 0 Å². The Morgan fingerprint density at radius 3 is 1.58 bits per heavy atom. The van der Waals surface area contributed by atoms with Crippen molar-refractivity contribution >= 4 is 0 Å². The summed E-state index contributed by atoms with van der Waals surface area (Å²) in [7, 11) is 0. The Labute approximate surface area is 162 Å². The molecule has 0 aromatic heterocycles. The van der Waals surface area contributed by atoms with Crippen LogP contribution in [0.4, 0.5) is 0 Å². The fraction of sp³-hybridized carbons (Fsp3) is 0.769. The highest BCUT2D eigenvalue weighted by Gasteiger charge is 2.33. The van der Waals surface area contributed by atoms with Gasteiger partial charge in [-0.05, 0) is 99.9 Å². The third-order valence-corrected chi connectivity index (χ3v) is 8.34. The van der Waals surface area contributed by atoms with E-state index in [1.165, 1.54) is 56.9 Å². The molecule has 3 saturated carbocycles. The van der Waals surface area contributed by atoms with Crippen molar-refractivity contribution in [2.45, 2.75) is 96.8 Å². The monoisotopic (exact) mass is 352 g/mol. The van der Waals surface area contributed by atoms with Crippen LogP contribution in [-0.4, -0.2) is 0 Å². The van der Waals surface area contributed by atoms with Crippen LogP contribution in [-0.2, 0) is 6.42 Å². The van der Waals surface area contributed by atoms with Gasteiger partial charge in [0.1, 0.15) is 0 Å². The highest BCUT2D eigenvalue weighted by atomic mass is 14.4. The fourth-order valence-corrected chi connectivity index (χ4v) is 6.61. The molecule has 0 amide bonds. The molecule has 4 rings (SSSR count). The molecule has 1 aromatic rings. The smallest absolute Gasteiger partial charge is 0.0250 e. The third-order valence-electron chi connectivity index (χ3n) is 8.34. The second kappa shape index (κ2) is 8.94. The van der Waals surface area contributed by atoms with Gasteiger partial charge < -0.3 is 0 Å². The molecule has 1 aromatic carbocycles. The molecule has 0 saturated heterocycles. The molecular formula is C26H40. The molecule has 3 aliphatic carbocycles. The summed E-state index contributed by atoms with van der Waals surface area (Å²) in [6, 6.07) is 9.28. The number of hydrogen-bond donors (Lipinski definition) is 0. The Morgan fingerprint density at radius 2 is 1.04 bits per heavy atom. The molecule has 144 valence electrons. The SMILES string of the molecule is Cc1ccc(CC2CCC(C3CCC(C4CCCCC4)CC3)CC2)cc1. The van der Waals surface area contributed by atoms with Crippen LogP contribution < -0.4 is 0 Å². The molecular weight excluding hydrogens is 312 g/mol. The quantitative estimate of drug-likeness (QED) is 0.520. The summed E-state index contributed by atoms with van der Waals surface area (Å²) in [6.07, 6.45) is 21.3. The maximum atomic E-state index is 2.36. The van der Waals surface area contributed by atoms with Crippen LogP contribution in [0.5, 0.6) is 0 Å². The first-order valence-electron chi connectivity index (χ1n) is 11.8. The van der Waals surface area contributed by atoms with Gasteiger partial charge in [-0.1, -0.05) is 61.9 Å². The van der Waals surface area contributed by atoms with Gasteiger partial charge >= 0.3 is 0 Å². The first kappa shape index (κ1) is 18.6.